The third-order valence-electron chi connectivity index (χ3n) is 3.62. The van der Waals surface area contributed by atoms with E-state index in [-0.39, 0.29) is 5.75 Å². The molecule has 5 nitrogen and oxygen atoms in total. The van der Waals surface area contributed by atoms with Crippen LogP contribution in [0.3, 0.4) is 0 Å². The summed E-state index contributed by atoms with van der Waals surface area (Å²) >= 11 is 5.33. The zero-order valence-corrected chi connectivity index (χ0v) is 12.8. The summed E-state index contributed by atoms with van der Waals surface area (Å²) in [5, 5.41) is 16.9. The Morgan fingerprint density at radius 3 is 2.70 bits per heavy atom. The van der Waals surface area contributed by atoms with E-state index in [0.717, 1.165) is 16.6 Å². The molecule has 2 aromatic carbocycles. The maximum absolute atomic E-state index is 9.86. The molecule has 0 spiro atoms. The summed E-state index contributed by atoms with van der Waals surface area (Å²) in [6, 6.07) is 14.9. The summed E-state index contributed by atoms with van der Waals surface area (Å²) in [7, 11) is 0. The number of H-pyrrole nitrogens is 1. The summed E-state index contributed by atoms with van der Waals surface area (Å²) in [5.41, 5.74) is 3.78. The molecule has 0 saturated carbocycles. The van der Waals surface area contributed by atoms with Crippen molar-refractivity contribution in [3.05, 3.63) is 64.6 Å². The first-order chi connectivity index (χ1) is 11.2. The van der Waals surface area contributed by atoms with Crippen LogP contribution in [0.1, 0.15) is 11.3 Å². The number of nitrogens with zero attached hydrogens (tertiary/aromatic N) is 3. The lowest BCUT2D eigenvalue weighted by Crippen LogP contribution is -1.95. The van der Waals surface area contributed by atoms with Gasteiger partial charge in [0.05, 0.1) is 11.0 Å². The second-order valence-corrected chi connectivity index (χ2v) is 5.45. The van der Waals surface area contributed by atoms with E-state index >= 15 is 0 Å². The molecule has 0 unspecified atom stereocenters. The molecule has 2 N–H and O–H groups in total. The molecule has 6 heteroatoms. The number of nitrogens with one attached hydrogen (secondary N) is 1. The number of fused-ring (bicyclic) bond motifs is 3. The largest absolute Gasteiger partial charge is 0.507 e. The molecule has 23 heavy (non-hydrogen) atoms. The highest BCUT2D eigenvalue weighted by Gasteiger charge is 2.09. The second-order valence-electron chi connectivity index (χ2n) is 5.07. The highest BCUT2D eigenvalue weighted by molar-refractivity contribution is 7.71. The van der Waals surface area contributed by atoms with Crippen LogP contribution in [-0.4, -0.2) is 24.7 Å². The lowest BCUT2D eigenvalue weighted by molar-refractivity contribution is 0.474. The van der Waals surface area contributed by atoms with Gasteiger partial charge in [0.1, 0.15) is 11.4 Å². The van der Waals surface area contributed by atoms with Crippen molar-refractivity contribution in [1.82, 2.24) is 19.6 Å². The Bertz CT molecular complexity index is 1110. The Morgan fingerprint density at radius 2 is 1.83 bits per heavy atom. The molecule has 0 fully saturated rings. The molecule has 0 bridgehead atoms. The van der Waals surface area contributed by atoms with E-state index in [4.69, 9.17) is 12.2 Å². The minimum atomic E-state index is 0.222. The van der Waals surface area contributed by atoms with Gasteiger partial charge in [-0.2, -0.15) is 5.10 Å². The summed E-state index contributed by atoms with van der Waals surface area (Å²) in [5.74, 6) is 0.222. The van der Waals surface area contributed by atoms with Gasteiger partial charge in [0.15, 0.2) is 10.4 Å². The van der Waals surface area contributed by atoms with Crippen LogP contribution in [0.5, 0.6) is 5.75 Å². The first-order valence-electron chi connectivity index (χ1n) is 7.06. The number of phenols is 1. The molecule has 0 aliphatic heterocycles. The lowest BCUT2D eigenvalue weighted by atomic mass is 10.1. The average Bonchev–Trinajstić information content (AvgIpc) is 2.96. The van der Waals surface area contributed by atoms with Gasteiger partial charge in [-0.3, -0.25) is 9.50 Å². The molecule has 0 aliphatic rings. The third-order valence-corrected chi connectivity index (χ3v) is 3.90. The number of aromatic nitrogens is 4. The first kappa shape index (κ1) is 13.7. The van der Waals surface area contributed by atoms with Crippen LogP contribution >= 0.6 is 12.2 Å². The molecule has 2 aromatic heterocycles. The minimum Gasteiger partial charge on any atom is -0.507 e. The third kappa shape index (κ3) is 2.29. The van der Waals surface area contributed by atoms with E-state index in [1.807, 2.05) is 53.0 Å². The standard InChI is InChI=1S/C17H12N4OS/c22-15-8-4-1-5-11(15)9-10-13-16-19-20-17(23)21(16)14-7-3-2-6-12(14)18-13/h1-10,22H,(H,20,23)/b10-9+. The Labute approximate surface area is 136 Å². The van der Waals surface area contributed by atoms with E-state index in [1.54, 1.807) is 12.1 Å². The van der Waals surface area contributed by atoms with Crippen LogP contribution in [0, 0.1) is 4.77 Å². The molecule has 4 aromatic rings. The van der Waals surface area contributed by atoms with E-state index in [2.05, 4.69) is 15.2 Å². The highest BCUT2D eigenvalue weighted by atomic mass is 32.1. The van der Waals surface area contributed by atoms with Crippen LogP contribution in [0.2, 0.25) is 0 Å². The van der Waals surface area contributed by atoms with Crippen molar-refractivity contribution in [2.45, 2.75) is 0 Å². The monoisotopic (exact) mass is 320 g/mol. The number of aromatic hydroxyl groups is 1. The fourth-order valence-electron chi connectivity index (χ4n) is 2.53. The van der Waals surface area contributed by atoms with Gasteiger partial charge in [0, 0.05) is 5.56 Å². The molecule has 0 amide bonds. The van der Waals surface area contributed by atoms with E-state index in [0.29, 0.717) is 16.1 Å². The van der Waals surface area contributed by atoms with Gasteiger partial charge in [0.2, 0.25) is 0 Å². The van der Waals surface area contributed by atoms with E-state index in [9.17, 15) is 5.11 Å². The molecule has 0 radical (unpaired) electrons. The van der Waals surface area contributed by atoms with Gasteiger partial charge in [0.25, 0.3) is 0 Å². The van der Waals surface area contributed by atoms with Gasteiger partial charge in [-0.05, 0) is 42.6 Å². The van der Waals surface area contributed by atoms with Gasteiger partial charge in [-0.15, -0.1) is 0 Å². The Kier molecular flexibility index (Phi) is 3.17. The molecular weight excluding hydrogens is 308 g/mol. The van der Waals surface area contributed by atoms with Crippen molar-refractivity contribution in [3.8, 4) is 5.75 Å². The molecule has 0 saturated heterocycles. The predicted molar refractivity (Wildman–Crippen MR) is 92.7 cm³/mol. The molecule has 2 heterocycles. The minimum absolute atomic E-state index is 0.222. The predicted octanol–water partition coefficient (Wildman–Crippen LogP) is 3.82. The smallest absolute Gasteiger partial charge is 0.200 e. The van der Waals surface area contributed by atoms with Crippen LogP contribution in [-0.2, 0) is 0 Å². The van der Waals surface area contributed by atoms with Crippen LogP contribution in [0.25, 0.3) is 28.8 Å². The van der Waals surface area contributed by atoms with Gasteiger partial charge in [-0.25, -0.2) is 4.98 Å². The highest BCUT2D eigenvalue weighted by Crippen LogP contribution is 2.21. The number of para-hydroxylation sites is 3. The molecular formula is C17H12N4OS. The zero-order valence-electron chi connectivity index (χ0n) is 12.0. The van der Waals surface area contributed by atoms with Crippen LogP contribution in [0.4, 0.5) is 0 Å². The summed E-state index contributed by atoms with van der Waals surface area (Å²) in [4.78, 5) is 4.64. The fraction of sp³-hybridized carbons (Fsp3) is 0. The van der Waals surface area contributed by atoms with Crippen molar-refractivity contribution in [2.75, 3.05) is 0 Å². The molecule has 112 valence electrons. The number of aromatic amines is 1. The van der Waals surface area contributed by atoms with Crippen LogP contribution < -0.4 is 0 Å². The zero-order chi connectivity index (χ0) is 15.8. The van der Waals surface area contributed by atoms with Crippen molar-refractivity contribution in [3.63, 3.8) is 0 Å². The Morgan fingerprint density at radius 1 is 1.04 bits per heavy atom. The SMILES string of the molecule is Oc1ccccc1/C=C/c1nc2ccccc2n2c(=S)[nH]nc12. The number of hydrogen-bond donors (Lipinski definition) is 2. The number of hydrogen-bond acceptors (Lipinski definition) is 4. The van der Waals surface area contributed by atoms with Gasteiger partial charge >= 0.3 is 0 Å². The number of rotatable bonds is 2. The van der Waals surface area contributed by atoms with Crippen molar-refractivity contribution in [2.24, 2.45) is 0 Å². The van der Waals surface area contributed by atoms with Crippen LogP contribution in [0.15, 0.2) is 48.5 Å². The van der Waals surface area contributed by atoms with E-state index in [1.165, 1.54) is 0 Å². The van der Waals surface area contributed by atoms with Crippen molar-refractivity contribution < 1.29 is 5.11 Å². The van der Waals surface area contributed by atoms with E-state index < -0.39 is 0 Å². The van der Waals surface area contributed by atoms with Crippen molar-refractivity contribution in [1.29, 1.82) is 0 Å². The first-order valence-corrected chi connectivity index (χ1v) is 7.47. The topological polar surface area (TPSA) is 66.2 Å². The van der Waals surface area contributed by atoms with Gasteiger partial charge in [-0.1, -0.05) is 30.3 Å². The summed E-state index contributed by atoms with van der Waals surface area (Å²) in [6.07, 6.45) is 3.64. The quantitative estimate of drug-likeness (QED) is 0.551. The number of benzene rings is 2. The molecule has 0 atom stereocenters. The second kappa shape index (κ2) is 5.33. The summed E-state index contributed by atoms with van der Waals surface area (Å²) in [6.45, 7) is 0. The fourth-order valence-corrected chi connectivity index (χ4v) is 2.76. The molecule has 0 aliphatic carbocycles. The van der Waals surface area contributed by atoms with Gasteiger partial charge < -0.3 is 5.11 Å². The maximum atomic E-state index is 9.86. The van der Waals surface area contributed by atoms with Crippen molar-refractivity contribution >= 4 is 41.1 Å². The Hall–Kier alpha value is -2.99. The normalized spacial score (nSPS) is 11.7. The summed E-state index contributed by atoms with van der Waals surface area (Å²) < 4.78 is 2.39. The Balaban J connectivity index is 1.96. The lowest BCUT2D eigenvalue weighted by Gasteiger charge is -2.03. The maximum Gasteiger partial charge on any atom is 0.200 e. The number of phenolic OH excluding ortho intramolecular Hbond substituents is 1. The molecule has 4 rings (SSSR count). The average molecular weight is 320 g/mol.